The lowest BCUT2D eigenvalue weighted by molar-refractivity contribution is 0.340. The van der Waals surface area contributed by atoms with E-state index in [0.717, 1.165) is 5.69 Å². The quantitative estimate of drug-likeness (QED) is 0.672. The molecule has 0 bridgehead atoms. The highest BCUT2D eigenvalue weighted by molar-refractivity contribution is 7.92. The largest absolute Gasteiger partial charge is 0.492 e. The molecule has 0 saturated carbocycles. The second kappa shape index (κ2) is 7.79. The maximum absolute atomic E-state index is 12.9. The number of nitrogens with zero attached hydrogens (tertiary/aromatic N) is 2. The van der Waals surface area contributed by atoms with E-state index in [9.17, 15) is 12.8 Å². The predicted octanol–water partition coefficient (Wildman–Crippen LogP) is 3.45. The van der Waals surface area contributed by atoms with E-state index in [1.807, 2.05) is 30.3 Å². The summed E-state index contributed by atoms with van der Waals surface area (Å²) in [5, 5.41) is 4.42. The average molecular weight is 389 g/mol. The van der Waals surface area contributed by atoms with Gasteiger partial charge < -0.3 is 4.74 Å². The number of rotatable bonds is 7. The molecule has 0 radical (unpaired) electrons. The molecule has 3 aromatic rings. The molecule has 0 spiro atoms. The Balaban J connectivity index is 1.68. The molecule has 6 nitrogen and oxygen atoms in total. The average Bonchev–Trinajstić information content (AvgIpc) is 2.92. The van der Waals surface area contributed by atoms with E-state index in [1.54, 1.807) is 18.5 Å². The topological polar surface area (TPSA) is 73.2 Å². The summed E-state index contributed by atoms with van der Waals surface area (Å²) in [4.78, 5) is 0. The van der Waals surface area contributed by atoms with E-state index in [2.05, 4.69) is 9.82 Å². The van der Waals surface area contributed by atoms with Crippen molar-refractivity contribution in [3.63, 3.8) is 0 Å². The first-order valence-electron chi connectivity index (χ1n) is 8.36. The summed E-state index contributed by atoms with van der Waals surface area (Å²) in [7, 11) is -3.63. The van der Waals surface area contributed by atoms with Gasteiger partial charge in [0.05, 0.1) is 22.8 Å². The Bertz CT molecular complexity index is 1020. The first-order valence-corrected chi connectivity index (χ1v) is 10.0. The van der Waals surface area contributed by atoms with Crippen molar-refractivity contribution in [2.45, 2.75) is 13.8 Å². The van der Waals surface area contributed by atoms with Crippen LogP contribution >= 0.6 is 0 Å². The smallest absolute Gasteiger partial charge is 0.236 e. The number of halogens is 1. The number of aromatic nitrogens is 2. The molecule has 2 aromatic carbocycles. The number of aryl methyl sites for hydroxylation is 1. The molecule has 0 aliphatic carbocycles. The molecule has 0 saturated heterocycles. The summed E-state index contributed by atoms with van der Waals surface area (Å²) in [6.07, 6.45) is 0. The van der Waals surface area contributed by atoms with Gasteiger partial charge in [-0.1, -0.05) is 18.2 Å². The minimum absolute atomic E-state index is 0.0497. The highest BCUT2D eigenvalue weighted by atomic mass is 32.2. The van der Waals surface area contributed by atoms with Crippen LogP contribution in [0.5, 0.6) is 5.75 Å². The van der Waals surface area contributed by atoms with Gasteiger partial charge >= 0.3 is 0 Å². The molecule has 1 N–H and O–H groups in total. The summed E-state index contributed by atoms with van der Waals surface area (Å²) in [6, 6.07) is 14.9. The summed E-state index contributed by atoms with van der Waals surface area (Å²) in [5.41, 5.74) is 2.59. The normalized spacial score (nSPS) is 11.4. The number of hydrogen-bond acceptors (Lipinski definition) is 4. The van der Waals surface area contributed by atoms with Crippen LogP contribution in [0.1, 0.15) is 11.4 Å². The van der Waals surface area contributed by atoms with Crippen LogP contribution in [0.15, 0.2) is 54.6 Å². The third kappa shape index (κ3) is 4.65. The summed E-state index contributed by atoms with van der Waals surface area (Å²) >= 11 is 0. The fourth-order valence-electron chi connectivity index (χ4n) is 2.62. The van der Waals surface area contributed by atoms with E-state index >= 15 is 0 Å². The summed E-state index contributed by atoms with van der Waals surface area (Å²) < 4.78 is 47.3. The lowest BCUT2D eigenvalue weighted by Gasteiger charge is -2.10. The van der Waals surface area contributed by atoms with E-state index in [0.29, 0.717) is 22.8 Å². The molecule has 3 rings (SSSR count). The fourth-order valence-corrected chi connectivity index (χ4v) is 3.63. The Morgan fingerprint density at radius 1 is 1.07 bits per heavy atom. The fraction of sp³-hybridized carbons (Fsp3) is 0.211. The Hall–Kier alpha value is -2.87. The maximum Gasteiger partial charge on any atom is 0.236 e. The Labute approximate surface area is 157 Å². The van der Waals surface area contributed by atoms with Crippen LogP contribution in [-0.2, 0) is 10.0 Å². The number of para-hydroxylation sites is 1. The molecular weight excluding hydrogens is 369 g/mol. The van der Waals surface area contributed by atoms with Crippen LogP contribution in [0.2, 0.25) is 0 Å². The van der Waals surface area contributed by atoms with Gasteiger partial charge in [-0.2, -0.15) is 5.10 Å². The second-order valence-electron chi connectivity index (χ2n) is 6.02. The Kier molecular flexibility index (Phi) is 5.46. The van der Waals surface area contributed by atoms with Crippen LogP contribution < -0.4 is 9.46 Å². The van der Waals surface area contributed by atoms with Gasteiger partial charge in [-0.3, -0.25) is 4.72 Å². The van der Waals surface area contributed by atoms with E-state index in [-0.39, 0.29) is 18.2 Å². The minimum atomic E-state index is -3.63. The van der Waals surface area contributed by atoms with Gasteiger partial charge in [-0.05, 0) is 50.2 Å². The van der Waals surface area contributed by atoms with Crippen molar-refractivity contribution in [1.29, 1.82) is 0 Å². The number of anilines is 1. The van der Waals surface area contributed by atoms with Gasteiger partial charge in [-0.25, -0.2) is 17.5 Å². The molecule has 27 heavy (non-hydrogen) atoms. The molecule has 1 aromatic heterocycles. The van der Waals surface area contributed by atoms with Gasteiger partial charge in [0.2, 0.25) is 10.0 Å². The third-order valence-corrected chi connectivity index (χ3v) is 5.20. The van der Waals surface area contributed by atoms with Crippen LogP contribution in [0.3, 0.4) is 0 Å². The summed E-state index contributed by atoms with van der Waals surface area (Å²) in [5.74, 6) is -0.200. The first-order chi connectivity index (χ1) is 12.9. The monoisotopic (exact) mass is 389 g/mol. The zero-order valence-corrected chi connectivity index (χ0v) is 15.8. The van der Waals surface area contributed by atoms with E-state index < -0.39 is 10.0 Å². The molecular formula is C19H20FN3O3S. The standard InChI is InChI=1S/C19H20FN3O3S/c1-14-19(15(2)23(21-14)17-6-4-3-5-7-17)22-27(24,25)13-12-26-18-10-8-16(20)9-11-18/h3-11,22H,12-13H2,1-2H3. The molecule has 0 aliphatic heterocycles. The molecule has 0 atom stereocenters. The van der Waals surface area contributed by atoms with Gasteiger partial charge in [-0.15, -0.1) is 0 Å². The highest BCUT2D eigenvalue weighted by Gasteiger charge is 2.19. The Morgan fingerprint density at radius 3 is 2.41 bits per heavy atom. The zero-order valence-electron chi connectivity index (χ0n) is 15.0. The lowest BCUT2D eigenvalue weighted by atomic mass is 10.3. The maximum atomic E-state index is 12.9. The van der Waals surface area contributed by atoms with Crippen molar-refractivity contribution in [3.05, 3.63) is 71.8 Å². The van der Waals surface area contributed by atoms with Crippen molar-refractivity contribution in [3.8, 4) is 11.4 Å². The van der Waals surface area contributed by atoms with Crippen molar-refractivity contribution in [2.24, 2.45) is 0 Å². The second-order valence-corrected chi connectivity index (χ2v) is 7.86. The molecule has 0 aliphatic rings. The van der Waals surface area contributed by atoms with Crippen molar-refractivity contribution in [1.82, 2.24) is 9.78 Å². The molecule has 142 valence electrons. The van der Waals surface area contributed by atoms with Gasteiger partial charge in [0, 0.05) is 0 Å². The molecule has 0 fully saturated rings. The van der Waals surface area contributed by atoms with Gasteiger partial charge in [0.15, 0.2) is 0 Å². The first kappa shape index (κ1) is 18.9. The number of hydrogen-bond donors (Lipinski definition) is 1. The number of nitrogens with one attached hydrogen (secondary N) is 1. The van der Waals surface area contributed by atoms with E-state index in [1.165, 1.54) is 24.3 Å². The predicted molar refractivity (Wildman–Crippen MR) is 102 cm³/mol. The van der Waals surface area contributed by atoms with Gasteiger partial charge in [0.1, 0.15) is 23.9 Å². The lowest BCUT2D eigenvalue weighted by Crippen LogP contribution is -2.22. The van der Waals surface area contributed by atoms with Crippen LogP contribution in [-0.4, -0.2) is 30.6 Å². The van der Waals surface area contributed by atoms with Crippen molar-refractivity contribution in [2.75, 3.05) is 17.1 Å². The van der Waals surface area contributed by atoms with Crippen LogP contribution in [0.4, 0.5) is 10.1 Å². The number of sulfonamides is 1. The number of benzene rings is 2. The van der Waals surface area contributed by atoms with Gasteiger partial charge in [0.25, 0.3) is 0 Å². The van der Waals surface area contributed by atoms with Crippen molar-refractivity contribution >= 4 is 15.7 Å². The van der Waals surface area contributed by atoms with Crippen LogP contribution in [0, 0.1) is 19.7 Å². The molecule has 0 amide bonds. The molecule has 0 unspecified atom stereocenters. The molecule has 8 heteroatoms. The minimum Gasteiger partial charge on any atom is -0.492 e. The molecule has 1 heterocycles. The van der Waals surface area contributed by atoms with Crippen LogP contribution in [0.25, 0.3) is 5.69 Å². The van der Waals surface area contributed by atoms with Crippen molar-refractivity contribution < 1.29 is 17.5 Å². The Morgan fingerprint density at radius 2 is 1.74 bits per heavy atom. The highest BCUT2D eigenvalue weighted by Crippen LogP contribution is 2.24. The van der Waals surface area contributed by atoms with E-state index in [4.69, 9.17) is 4.74 Å². The zero-order chi connectivity index (χ0) is 19.4. The SMILES string of the molecule is Cc1nn(-c2ccccc2)c(C)c1NS(=O)(=O)CCOc1ccc(F)cc1. The third-order valence-electron chi connectivity index (χ3n) is 3.98. The number of ether oxygens (including phenoxy) is 1. The summed E-state index contributed by atoms with van der Waals surface area (Å²) in [6.45, 7) is 3.51.